The molecule has 5 nitrogen and oxygen atoms in total. The number of para-hydroxylation sites is 1. The number of nitrogens with one attached hydrogen (secondary N) is 1. The summed E-state index contributed by atoms with van der Waals surface area (Å²) >= 11 is 0. The van der Waals surface area contributed by atoms with E-state index in [1.54, 1.807) is 29.3 Å². The SMILES string of the molecule is O=C(C1CCNCC1)N(CCOc1ccccc1)[C@@H](c1ccccn1)c1ccccc1F. The van der Waals surface area contributed by atoms with E-state index in [-0.39, 0.29) is 17.6 Å². The monoisotopic (exact) mass is 433 g/mol. The number of piperidine rings is 1. The zero-order valence-electron chi connectivity index (χ0n) is 18.0. The van der Waals surface area contributed by atoms with Crippen molar-refractivity contribution in [3.8, 4) is 5.75 Å². The van der Waals surface area contributed by atoms with Crippen LogP contribution >= 0.6 is 0 Å². The van der Waals surface area contributed by atoms with Gasteiger partial charge in [-0.15, -0.1) is 0 Å². The van der Waals surface area contributed by atoms with E-state index in [0.717, 1.165) is 31.7 Å². The number of carbonyl (C=O) groups excluding carboxylic acids is 1. The van der Waals surface area contributed by atoms with Gasteiger partial charge in [0, 0.05) is 17.7 Å². The van der Waals surface area contributed by atoms with Gasteiger partial charge in [0.05, 0.1) is 12.2 Å². The minimum atomic E-state index is -0.626. The maximum Gasteiger partial charge on any atom is 0.226 e. The molecule has 1 N–H and O–H groups in total. The molecule has 2 aromatic carbocycles. The van der Waals surface area contributed by atoms with Gasteiger partial charge in [-0.3, -0.25) is 9.78 Å². The Hall–Kier alpha value is -3.25. The van der Waals surface area contributed by atoms with Crippen LogP contribution in [0.3, 0.4) is 0 Å². The predicted molar refractivity (Wildman–Crippen MR) is 122 cm³/mol. The van der Waals surface area contributed by atoms with Crippen molar-refractivity contribution in [3.63, 3.8) is 0 Å². The van der Waals surface area contributed by atoms with E-state index < -0.39 is 6.04 Å². The molecule has 32 heavy (non-hydrogen) atoms. The zero-order chi connectivity index (χ0) is 22.2. The van der Waals surface area contributed by atoms with E-state index >= 15 is 0 Å². The third-order valence-electron chi connectivity index (χ3n) is 5.80. The van der Waals surface area contributed by atoms with Gasteiger partial charge in [-0.1, -0.05) is 42.5 Å². The van der Waals surface area contributed by atoms with Crippen molar-refractivity contribution < 1.29 is 13.9 Å². The molecule has 166 valence electrons. The van der Waals surface area contributed by atoms with Crippen molar-refractivity contribution in [2.75, 3.05) is 26.2 Å². The van der Waals surface area contributed by atoms with Gasteiger partial charge in [0.25, 0.3) is 0 Å². The standard InChI is InChI=1S/C26H28FN3O2/c27-23-11-5-4-10-22(23)25(24-12-6-7-15-29-24)30(26(31)20-13-16-28-17-14-20)18-19-32-21-8-2-1-3-9-21/h1-12,15,20,25,28H,13-14,16-19H2/t25-/m1/s1. The van der Waals surface area contributed by atoms with Crippen molar-refractivity contribution in [3.05, 3.63) is 96.1 Å². The Morgan fingerprint density at radius 2 is 1.75 bits per heavy atom. The Bertz CT molecular complexity index is 994. The predicted octanol–water partition coefficient (Wildman–Crippen LogP) is 4.22. The molecule has 1 saturated heterocycles. The maximum absolute atomic E-state index is 15.0. The van der Waals surface area contributed by atoms with E-state index in [1.165, 1.54) is 6.07 Å². The van der Waals surface area contributed by atoms with Crippen molar-refractivity contribution in [2.45, 2.75) is 18.9 Å². The fraction of sp³-hybridized carbons (Fsp3) is 0.308. The lowest BCUT2D eigenvalue weighted by molar-refractivity contribution is -0.138. The Labute approximate surface area is 188 Å². The summed E-state index contributed by atoms with van der Waals surface area (Å²) in [6.45, 7) is 2.24. The minimum Gasteiger partial charge on any atom is -0.492 e. The minimum absolute atomic E-state index is 0.0158. The molecule has 1 atom stereocenters. The molecule has 0 unspecified atom stereocenters. The second kappa shape index (κ2) is 10.9. The highest BCUT2D eigenvalue weighted by Crippen LogP contribution is 2.31. The van der Waals surface area contributed by atoms with Crippen LogP contribution in [-0.4, -0.2) is 42.0 Å². The Morgan fingerprint density at radius 3 is 2.47 bits per heavy atom. The van der Waals surface area contributed by atoms with Gasteiger partial charge in [-0.2, -0.15) is 0 Å². The molecular formula is C26H28FN3O2. The van der Waals surface area contributed by atoms with Crippen LogP contribution in [0.5, 0.6) is 5.75 Å². The molecule has 1 amide bonds. The van der Waals surface area contributed by atoms with Crippen LogP contribution in [0.25, 0.3) is 0 Å². The number of rotatable bonds is 8. The highest BCUT2D eigenvalue weighted by Gasteiger charge is 2.34. The van der Waals surface area contributed by atoms with Gasteiger partial charge in [0.15, 0.2) is 0 Å². The molecular weight excluding hydrogens is 405 g/mol. The molecule has 2 heterocycles. The number of hydrogen-bond acceptors (Lipinski definition) is 4. The largest absolute Gasteiger partial charge is 0.492 e. The molecule has 0 radical (unpaired) electrons. The number of carbonyl (C=O) groups is 1. The van der Waals surface area contributed by atoms with Crippen molar-refractivity contribution in [1.29, 1.82) is 0 Å². The number of halogens is 1. The van der Waals surface area contributed by atoms with E-state index in [0.29, 0.717) is 24.4 Å². The first-order valence-electron chi connectivity index (χ1n) is 11.1. The fourth-order valence-electron chi connectivity index (χ4n) is 4.17. The molecule has 1 aliphatic heterocycles. The third-order valence-corrected chi connectivity index (χ3v) is 5.80. The lowest BCUT2D eigenvalue weighted by Gasteiger charge is -2.35. The van der Waals surface area contributed by atoms with Crippen LogP contribution in [0.1, 0.15) is 30.1 Å². The quantitative estimate of drug-likeness (QED) is 0.578. The van der Waals surface area contributed by atoms with Crippen LogP contribution in [0.15, 0.2) is 79.0 Å². The second-order valence-electron chi connectivity index (χ2n) is 7.90. The average Bonchev–Trinajstić information content (AvgIpc) is 2.86. The Balaban J connectivity index is 1.67. The fourth-order valence-corrected chi connectivity index (χ4v) is 4.17. The highest BCUT2D eigenvalue weighted by molar-refractivity contribution is 5.80. The number of hydrogen-bond donors (Lipinski definition) is 1. The maximum atomic E-state index is 15.0. The van der Waals surface area contributed by atoms with Crippen LogP contribution in [0, 0.1) is 11.7 Å². The summed E-state index contributed by atoms with van der Waals surface area (Å²) in [5.74, 6) is 0.297. The summed E-state index contributed by atoms with van der Waals surface area (Å²) in [5.41, 5.74) is 1.08. The lowest BCUT2D eigenvalue weighted by atomic mass is 9.93. The van der Waals surface area contributed by atoms with Gasteiger partial charge in [-0.05, 0) is 56.3 Å². The molecule has 0 aliphatic carbocycles. The molecule has 1 aliphatic rings. The summed E-state index contributed by atoms with van der Waals surface area (Å²) in [5, 5.41) is 3.31. The van der Waals surface area contributed by atoms with Gasteiger partial charge < -0.3 is 15.0 Å². The third kappa shape index (κ3) is 5.32. The van der Waals surface area contributed by atoms with Gasteiger partial charge in [0.1, 0.15) is 24.2 Å². The van der Waals surface area contributed by atoms with Gasteiger partial charge in [-0.25, -0.2) is 4.39 Å². The first-order chi connectivity index (χ1) is 15.7. The Morgan fingerprint density at radius 1 is 1.03 bits per heavy atom. The summed E-state index contributed by atoms with van der Waals surface area (Å²) < 4.78 is 20.9. The molecule has 0 bridgehead atoms. The second-order valence-corrected chi connectivity index (χ2v) is 7.90. The molecule has 0 spiro atoms. The summed E-state index contributed by atoms with van der Waals surface area (Å²) in [6, 6.07) is 21.0. The molecule has 0 saturated carbocycles. The van der Waals surface area contributed by atoms with E-state index in [9.17, 15) is 9.18 Å². The summed E-state index contributed by atoms with van der Waals surface area (Å²) in [4.78, 5) is 20.0. The summed E-state index contributed by atoms with van der Waals surface area (Å²) in [6.07, 6.45) is 3.21. The van der Waals surface area contributed by atoms with E-state index in [2.05, 4.69) is 10.3 Å². The van der Waals surface area contributed by atoms with Crippen LogP contribution in [-0.2, 0) is 4.79 Å². The average molecular weight is 434 g/mol. The van der Waals surface area contributed by atoms with Crippen LogP contribution < -0.4 is 10.1 Å². The van der Waals surface area contributed by atoms with Crippen LogP contribution in [0.2, 0.25) is 0 Å². The number of nitrogens with zero attached hydrogens (tertiary/aromatic N) is 2. The zero-order valence-corrected chi connectivity index (χ0v) is 18.0. The van der Waals surface area contributed by atoms with Gasteiger partial charge >= 0.3 is 0 Å². The van der Waals surface area contributed by atoms with Crippen LogP contribution in [0.4, 0.5) is 4.39 Å². The summed E-state index contributed by atoms with van der Waals surface area (Å²) in [7, 11) is 0. The lowest BCUT2D eigenvalue weighted by Crippen LogP contribution is -2.45. The normalized spacial score (nSPS) is 15.2. The number of amides is 1. The molecule has 3 aromatic rings. The number of ether oxygens (including phenoxy) is 1. The topological polar surface area (TPSA) is 54.5 Å². The van der Waals surface area contributed by atoms with Crippen molar-refractivity contribution >= 4 is 5.91 Å². The Kier molecular flexibility index (Phi) is 7.46. The van der Waals surface area contributed by atoms with Crippen molar-refractivity contribution in [2.24, 2.45) is 5.92 Å². The number of aromatic nitrogens is 1. The number of benzene rings is 2. The molecule has 6 heteroatoms. The molecule has 1 fully saturated rings. The first-order valence-corrected chi connectivity index (χ1v) is 11.1. The van der Waals surface area contributed by atoms with Gasteiger partial charge in [0.2, 0.25) is 5.91 Å². The molecule has 1 aromatic heterocycles. The molecule has 4 rings (SSSR count). The van der Waals surface area contributed by atoms with E-state index in [4.69, 9.17) is 4.74 Å². The van der Waals surface area contributed by atoms with E-state index in [1.807, 2.05) is 48.5 Å². The smallest absolute Gasteiger partial charge is 0.226 e. The highest BCUT2D eigenvalue weighted by atomic mass is 19.1. The van der Waals surface area contributed by atoms with Crippen molar-refractivity contribution in [1.82, 2.24) is 15.2 Å². The number of pyridine rings is 1. The first kappa shape index (κ1) is 22.0.